The molecule has 1 aromatic rings. The van der Waals surface area contributed by atoms with E-state index in [4.69, 9.17) is 0 Å². The van der Waals surface area contributed by atoms with Crippen LogP contribution >= 0.6 is 15.9 Å². The minimum Gasteiger partial charge on any atom is -0.297 e. The number of hydrogen-bond donors (Lipinski definition) is 0. The summed E-state index contributed by atoms with van der Waals surface area (Å²) in [6.07, 6.45) is 6.26. The third kappa shape index (κ3) is 2.16. The molecule has 16 heavy (non-hydrogen) atoms. The minimum absolute atomic E-state index is 0.982. The van der Waals surface area contributed by atoms with Crippen LogP contribution in [-0.2, 0) is 6.54 Å². The van der Waals surface area contributed by atoms with Crippen molar-refractivity contribution in [3.8, 4) is 0 Å². The second-order valence-corrected chi connectivity index (χ2v) is 6.03. The molecule has 0 amide bonds. The zero-order valence-corrected chi connectivity index (χ0v) is 11.0. The summed E-state index contributed by atoms with van der Waals surface area (Å²) in [5.41, 5.74) is 1.20. The van der Waals surface area contributed by atoms with Gasteiger partial charge in [-0.1, -0.05) is 6.42 Å². The fourth-order valence-corrected chi connectivity index (χ4v) is 3.42. The number of pyridine rings is 1. The third-order valence-electron chi connectivity index (χ3n) is 3.98. The number of hydrogen-bond acceptors (Lipinski definition) is 2. The zero-order valence-electron chi connectivity index (χ0n) is 9.40. The first-order valence-electron chi connectivity index (χ1n) is 6.14. The maximum absolute atomic E-state index is 4.45. The van der Waals surface area contributed by atoms with Crippen LogP contribution in [0, 0.1) is 11.8 Å². The summed E-state index contributed by atoms with van der Waals surface area (Å²) in [6, 6.07) is 4.21. The highest BCUT2D eigenvalue weighted by molar-refractivity contribution is 9.10. The van der Waals surface area contributed by atoms with Gasteiger partial charge in [0.1, 0.15) is 0 Å². The number of halogens is 1. The molecule has 2 atom stereocenters. The number of aromatic nitrogens is 1. The Morgan fingerprint density at radius 2 is 2.00 bits per heavy atom. The van der Waals surface area contributed by atoms with Crippen molar-refractivity contribution in [3.63, 3.8) is 0 Å². The van der Waals surface area contributed by atoms with Crippen molar-refractivity contribution in [2.45, 2.75) is 25.8 Å². The molecule has 2 heterocycles. The second-order valence-electron chi connectivity index (χ2n) is 5.11. The van der Waals surface area contributed by atoms with Crippen LogP contribution in [0.5, 0.6) is 0 Å². The molecule has 3 heteroatoms. The van der Waals surface area contributed by atoms with Gasteiger partial charge < -0.3 is 0 Å². The maximum atomic E-state index is 4.45. The van der Waals surface area contributed by atoms with Crippen molar-refractivity contribution in [1.82, 2.24) is 9.88 Å². The monoisotopic (exact) mass is 280 g/mol. The summed E-state index contributed by atoms with van der Waals surface area (Å²) in [6.45, 7) is 3.62. The fourth-order valence-electron chi connectivity index (χ4n) is 3.19. The van der Waals surface area contributed by atoms with Gasteiger partial charge >= 0.3 is 0 Å². The van der Waals surface area contributed by atoms with Gasteiger partial charge in [0, 0.05) is 30.3 Å². The summed E-state index contributed by atoms with van der Waals surface area (Å²) in [7, 11) is 0. The van der Waals surface area contributed by atoms with Crippen LogP contribution in [0.2, 0.25) is 0 Å². The van der Waals surface area contributed by atoms with Crippen LogP contribution in [0.15, 0.2) is 22.8 Å². The number of rotatable bonds is 2. The zero-order chi connectivity index (χ0) is 11.0. The molecule has 0 spiro atoms. The number of nitrogens with zero attached hydrogens (tertiary/aromatic N) is 2. The van der Waals surface area contributed by atoms with Crippen molar-refractivity contribution in [1.29, 1.82) is 0 Å². The van der Waals surface area contributed by atoms with Gasteiger partial charge in [0.15, 0.2) is 0 Å². The lowest BCUT2D eigenvalue weighted by Gasteiger charge is -2.15. The van der Waals surface area contributed by atoms with Crippen LogP contribution in [-0.4, -0.2) is 23.0 Å². The Bertz CT molecular complexity index is 351. The molecule has 0 aromatic carbocycles. The Kier molecular flexibility index (Phi) is 2.99. The number of fused-ring (bicyclic) bond motifs is 1. The van der Waals surface area contributed by atoms with E-state index in [1.54, 1.807) is 0 Å². The topological polar surface area (TPSA) is 16.1 Å². The van der Waals surface area contributed by atoms with E-state index in [0.717, 1.165) is 22.9 Å². The Hall–Kier alpha value is -0.410. The van der Waals surface area contributed by atoms with E-state index < -0.39 is 0 Å². The molecule has 1 aromatic heterocycles. The molecule has 86 valence electrons. The van der Waals surface area contributed by atoms with Crippen molar-refractivity contribution in [3.05, 3.63) is 28.5 Å². The lowest BCUT2D eigenvalue weighted by Crippen LogP contribution is -2.21. The average molecular weight is 281 g/mol. The minimum atomic E-state index is 0.982. The van der Waals surface area contributed by atoms with Crippen molar-refractivity contribution >= 4 is 15.9 Å². The maximum Gasteiger partial charge on any atom is 0.0544 e. The molecule has 2 unspecified atom stereocenters. The van der Waals surface area contributed by atoms with E-state index in [-0.39, 0.29) is 0 Å². The van der Waals surface area contributed by atoms with E-state index in [1.807, 2.05) is 6.20 Å². The second kappa shape index (κ2) is 4.46. The Balaban J connectivity index is 1.62. The van der Waals surface area contributed by atoms with Crippen LogP contribution in [0.3, 0.4) is 0 Å². The molecular weight excluding hydrogens is 264 g/mol. The molecule has 2 aliphatic rings. The molecule has 1 saturated carbocycles. The molecule has 2 fully saturated rings. The first-order chi connectivity index (χ1) is 7.81. The molecule has 1 aliphatic heterocycles. The molecule has 0 bridgehead atoms. The summed E-state index contributed by atoms with van der Waals surface area (Å²) >= 11 is 3.42. The van der Waals surface area contributed by atoms with Crippen molar-refractivity contribution in [2.24, 2.45) is 11.8 Å². The summed E-state index contributed by atoms with van der Waals surface area (Å²) in [4.78, 5) is 7.02. The van der Waals surface area contributed by atoms with Gasteiger partial charge in [-0.3, -0.25) is 9.88 Å². The Morgan fingerprint density at radius 1 is 1.25 bits per heavy atom. The standard InChI is InChI=1S/C13H17BrN2/c14-12-4-5-13(15-6-12)9-16-7-10-2-1-3-11(10)8-16/h4-6,10-11H,1-3,7-9H2. The lowest BCUT2D eigenvalue weighted by molar-refractivity contribution is 0.300. The van der Waals surface area contributed by atoms with Crippen molar-refractivity contribution in [2.75, 3.05) is 13.1 Å². The predicted molar refractivity (Wildman–Crippen MR) is 68.0 cm³/mol. The van der Waals surface area contributed by atoms with Gasteiger partial charge in [0.25, 0.3) is 0 Å². The van der Waals surface area contributed by atoms with E-state index in [2.05, 4.69) is 37.9 Å². The first kappa shape index (κ1) is 10.7. The van der Waals surface area contributed by atoms with E-state index in [1.165, 1.54) is 38.0 Å². The first-order valence-corrected chi connectivity index (χ1v) is 6.93. The summed E-state index contributed by atoms with van der Waals surface area (Å²) < 4.78 is 1.06. The van der Waals surface area contributed by atoms with Crippen LogP contribution < -0.4 is 0 Å². The average Bonchev–Trinajstić information content (AvgIpc) is 2.81. The fraction of sp³-hybridized carbons (Fsp3) is 0.615. The summed E-state index contributed by atoms with van der Waals surface area (Å²) in [5.74, 6) is 1.96. The molecular formula is C13H17BrN2. The third-order valence-corrected chi connectivity index (χ3v) is 4.45. The highest BCUT2D eigenvalue weighted by Crippen LogP contribution is 2.38. The van der Waals surface area contributed by atoms with Gasteiger partial charge in [-0.15, -0.1) is 0 Å². The van der Waals surface area contributed by atoms with Gasteiger partial charge in [-0.05, 0) is 52.7 Å². The van der Waals surface area contributed by atoms with Gasteiger partial charge in [0.05, 0.1) is 5.69 Å². The van der Waals surface area contributed by atoms with Gasteiger partial charge in [0.2, 0.25) is 0 Å². The quantitative estimate of drug-likeness (QED) is 0.828. The number of likely N-dealkylation sites (tertiary alicyclic amines) is 1. The SMILES string of the molecule is Brc1ccc(CN2CC3CCCC3C2)nc1. The van der Waals surface area contributed by atoms with E-state index in [0.29, 0.717) is 0 Å². The van der Waals surface area contributed by atoms with E-state index in [9.17, 15) is 0 Å². The van der Waals surface area contributed by atoms with Crippen LogP contribution in [0.25, 0.3) is 0 Å². The predicted octanol–water partition coefficient (Wildman–Crippen LogP) is 3.08. The van der Waals surface area contributed by atoms with E-state index >= 15 is 0 Å². The van der Waals surface area contributed by atoms with Crippen molar-refractivity contribution < 1.29 is 0 Å². The Morgan fingerprint density at radius 3 is 2.62 bits per heavy atom. The molecule has 2 nitrogen and oxygen atoms in total. The lowest BCUT2D eigenvalue weighted by atomic mass is 10.0. The molecule has 0 radical (unpaired) electrons. The smallest absolute Gasteiger partial charge is 0.0544 e. The van der Waals surface area contributed by atoms with Gasteiger partial charge in [-0.25, -0.2) is 0 Å². The Labute approximate surface area is 105 Å². The van der Waals surface area contributed by atoms with Gasteiger partial charge in [-0.2, -0.15) is 0 Å². The molecule has 1 saturated heterocycles. The normalized spacial score (nSPS) is 29.6. The molecule has 3 rings (SSSR count). The molecule has 0 N–H and O–H groups in total. The highest BCUT2D eigenvalue weighted by Gasteiger charge is 2.35. The van der Waals surface area contributed by atoms with Crippen LogP contribution in [0.1, 0.15) is 25.0 Å². The highest BCUT2D eigenvalue weighted by atomic mass is 79.9. The summed E-state index contributed by atoms with van der Waals surface area (Å²) in [5, 5.41) is 0. The van der Waals surface area contributed by atoms with Crippen LogP contribution in [0.4, 0.5) is 0 Å². The molecule has 1 aliphatic carbocycles. The largest absolute Gasteiger partial charge is 0.297 e.